The van der Waals surface area contributed by atoms with Crippen LogP contribution in [0.25, 0.3) is 22.1 Å². The monoisotopic (exact) mass is 475 g/mol. The van der Waals surface area contributed by atoms with Gasteiger partial charge >= 0.3 is 0 Å². The third kappa shape index (κ3) is 4.54. The van der Waals surface area contributed by atoms with Gasteiger partial charge in [-0.1, -0.05) is 30.7 Å². The molecule has 0 bridgehead atoms. The zero-order chi connectivity index (χ0) is 22.7. The maximum atomic E-state index is 13.1. The molecule has 0 spiro atoms. The third-order valence-electron chi connectivity index (χ3n) is 5.40. The minimum atomic E-state index is -3.60. The van der Waals surface area contributed by atoms with Crippen molar-refractivity contribution in [1.29, 1.82) is 0 Å². The lowest BCUT2D eigenvalue weighted by Crippen LogP contribution is -2.40. The second kappa shape index (κ2) is 9.62. The zero-order valence-corrected chi connectivity index (χ0v) is 19.7. The number of morpholine rings is 1. The highest BCUT2D eigenvalue weighted by Gasteiger charge is 2.27. The molecule has 0 radical (unpaired) electrons. The maximum Gasteiger partial charge on any atom is 0.243 e. The summed E-state index contributed by atoms with van der Waals surface area (Å²) in [5.41, 5.74) is 2.37. The molecule has 2 aromatic carbocycles. The van der Waals surface area contributed by atoms with E-state index in [1.165, 1.54) is 4.31 Å². The molecule has 0 aliphatic carbocycles. The minimum absolute atomic E-state index is 0.231. The molecular weight excluding hydrogens is 450 g/mol. The van der Waals surface area contributed by atoms with E-state index in [-0.39, 0.29) is 4.90 Å². The molecule has 1 saturated heterocycles. The summed E-state index contributed by atoms with van der Waals surface area (Å²) < 4.78 is 40.1. The van der Waals surface area contributed by atoms with E-state index in [4.69, 9.17) is 26.1 Å². The molecule has 7 nitrogen and oxygen atoms in total. The molecule has 1 aliphatic rings. The SMILES string of the molecule is CCCn1c(C(Cl)=Cc2ccc(OC)cc2)nc2cc(S(=O)(=O)N3CCOCC3)ccc21. The van der Waals surface area contributed by atoms with Crippen molar-refractivity contribution < 1.29 is 17.9 Å². The molecule has 0 unspecified atom stereocenters. The Bertz CT molecular complexity index is 1230. The van der Waals surface area contributed by atoms with Crippen LogP contribution in [-0.4, -0.2) is 55.7 Å². The smallest absolute Gasteiger partial charge is 0.243 e. The Hall–Kier alpha value is -2.39. The van der Waals surface area contributed by atoms with Crippen molar-refractivity contribution in [3.8, 4) is 5.75 Å². The quantitative estimate of drug-likeness (QED) is 0.511. The molecule has 3 aromatic rings. The summed E-state index contributed by atoms with van der Waals surface area (Å²) in [7, 11) is -1.98. The molecular formula is C23H26ClN3O4S. The number of rotatable bonds is 7. The van der Waals surface area contributed by atoms with Crippen LogP contribution < -0.4 is 4.74 Å². The third-order valence-corrected chi connectivity index (χ3v) is 7.57. The number of imidazole rings is 1. The molecule has 0 saturated carbocycles. The number of fused-ring (bicyclic) bond motifs is 1. The van der Waals surface area contributed by atoms with Crippen molar-refractivity contribution >= 4 is 43.8 Å². The number of halogens is 1. The first kappa shape index (κ1) is 22.8. The number of sulfonamides is 1. The fraction of sp³-hybridized carbons (Fsp3) is 0.348. The van der Waals surface area contributed by atoms with Crippen molar-refractivity contribution in [2.75, 3.05) is 33.4 Å². The van der Waals surface area contributed by atoms with Gasteiger partial charge in [-0.25, -0.2) is 13.4 Å². The molecule has 9 heteroatoms. The number of hydrogen-bond acceptors (Lipinski definition) is 5. The Kier molecular flexibility index (Phi) is 6.85. The van der Waals surface area contributed by atoms with Crippen LogP contribution >= 0.6 is 11.6 Å². The Labute approximate surface area is 193 Å². The van der Waals surface area contributed by atoms with Gasteiger partial charge in [0, 0.05) is 19.6 Å². The highest BCUT2D eigenvalue weighted by Crippen LogP contribution is 2.29. The van der Waals surface area contributed by atoms with Crippen LogP contribution in [0, 0.1) is 0 Å². The van der Waals surface area contributed by atoms with Crippen molar-refractivity contribution in [2.45, 2.75) is 24.8 Å². The van der Waals surface area contributed by atoms with E-state index in [0.717, 1.165) is 23.3 Å². The van der Waals surface area contributed by atoms with Gasteiger partial charge in [-0.15, -0.1) is 0 Å². The molecule has 0 amide bonds. The van der Waals surface area contributed by atoms with Crippen LogP contribution in [0.1, 0.15) is 24.7 Å². The van der Waals surface area contributed by atoms with Crippen molar-refractivity contribution in [2.24, 2.45) is 0 Å². The number of methoxy groups -OCH3 is 1. The van der Waals surface area contributed by atoms with Crippen LogP contribution in [0.5, 0.6) is 5.75 Å². The second-order valence-corrected chi connectivity index (χ2v) is 9.86. The lowest BCUT2D eigenvalue weighted by atomic mass is 10.2. The van der Waals surface area contributed by atoms with E-state index in [0.29, 0.717) is 49.2 Å². The average molecular weight is 476 g/mol. The van der Waals surface area contributed by atoms with E-state index in [1.54, 1.807) is 19.2 Å². The summed E-state index contributed by atoms with van der Waals surface area (Å²) in [5.74, 6) is 1.38. The highest BCUT2D eigenvalue weighted by atomic mass is 35.5. The van der Waals surface area contributed by atoms with Crippen molar-refractivity contribution in [3.05, 3.63) is 53.9 Å². The van der Waals surface area contributed by atoms with Gasteiger partial charge in [-0.2, -0.15) is 4.31 Å². The molecule has 1 aromatic heterocycles. The van der Waals surface area contributed by atoms with E-state index in [1.807, 2.05) is 41.0 Å². The Balaban J connectivity index is 1.74. The molecule has 1 fully saturated rings. The topological polar surface area (TPSA) is 73.7 Å². The average Bonchev–Trinajstić information content (AvgIpc) is 3.18. The lowest BCUT2D eigenvalue weighted by Gasteiger charge is -2.26. The van der Waals surface area contributed by atoms with Crippen LogP contribution in [-0.2, 0) is 21.3 Å². The standard InChI is InChI=1S/C23H26ClN3O4S/c1-3-10-27-22-9-8-19(32(28,29)26-11-13-31-14-12-26)16-21(22)25-23(27)20(24)15-17-4-6-18(30-2)7-5-17/h4-9,15-16H,3,10-14H2,1-2H3. The van der Waals surface area contributed by atoms with Gasteiger partial charge in [-0.05, 0) is 48.4 Å². The number of ether oxygens (including phenoxy) is 2. The number of benzene rings is 2. The van der Waals surface area contributed by atoms with Gasteiger partial charge in [0.1, 0.15) is 5.75 Å². The first-order chi connectivity index (χ1) is 15.4. The molecule has 1 aliphatic heterocycles. The molecule has 170 valence electrons. The summed E-state index contributed by atoms with van der Waals surface area (Å²) in [6.45, 7) is 4.31. The molecule has 0 N–H and O–H groups in total. The minimum Gasteiger partial charge on any atom is -0.497 e. The fourth-order valence-electron chi connectivity index (χ4n) is 3.75. The molecule has 4 rings (SSSR count). The predicted molar refractivity (Wildman–Crippen MR) is 126 cm³/mol. The number of hydrogen-bond donors (Lipinski definition) is 0. The zero-order valence-electron chi connectivity index (χ0n) is 18.1. The van der Waals surface area contributed by atoms with Crippen LogP contribution in [0.3, 0.4) is 0 Å². The Morgan fingerprint density at radius 3 is 2.56 bits per heavy atom. The summed E-state index contributed by atoms with van der Waals surface area (Å²) in [6.07, 6.45) is 2.73. The molecule has 0 atom stereocenters. The molecule has 32 heavy (non-hydrogen) atoms. The van der Waals surface area contributed by atoms with E-state index < -0.39 is 10.0 Å². The van der Waals surface area contributed by atoms with Crippen LogP contribution in [0.2, 0.25) is 0 Å². The van der Waals surface area contributed by atoms with Gasteiger partial charge in [0.15, 0.2) is 5.82 Å². The number of aryl methyl sites for hydroxylation is 1. The first-order valence-electron chi connectivity index (χ1n) is 10.5. The van der Waals surface area contributed by atoms with Crippen LogP contribution in [0.4, 0.5) is 0 Å². The van der Waals surface area contributed by atoms with Gasteiger partial charge in [0.25, 0.3) is 0 Å². The summed E-state index contributed by atoms with van der Waals surface area (Å²) >= 11 is 6.68. The number of aromatic nitrogens is 2. The largest absolute Gasteiger partial charge is 0.497 e. The summed E-state index contributed by atoms with van der Waals surface area (Å²) in [6, 6.07) is 12.7. The van der Waals surface area contributed by atoms with E-state index in [9.17, 15) is 8.42 Å². The molecule has 2 heterocycles. The fourth-order valence-corrected chi connectivity index (χ4v) is 5.45. The van der Waals surface area contributed by atoms with Gasteiger partial charge in [0.05, 0.1) is 41.3 Å². The van der Waals surface area contributed by atoms with Crippen molar-refractivity contribution in [1.82, 2.24) is 13.9 Å². The van der Waals surface area contributed by atoms with Crippen molar-refractivity contribution in [3.63, 3.8) is 0 Å². The summed E-state index contributed by atoms with van der Waals surface area (Å²) in [5, 5.41) is 0.484. The normalized spacial score (nSPS) is 15.9. The van der Waals surface area contributed by atoms with E-state index >= 15 is 0 Å². The predicted octanol–water partition coefficient (Wildman–Crippen LogP) is 4.21. The van der Waals surface area contributed by atoms with Gasteiger partial charge in [-0.3, -0.25) is 0 Å². The first-order valence-corrected chi connectivity index (χ1v) is 12.4. The Morgan fingerprint density at radius 1 is 1.19 bits per heavy atom. The second-order valence-electron chi connectivity index (χ2n) is 7.52. The highest BCUT2D eigenvalue weighted by molar-refractivity contribution is 7.89. The van der Waals surface area contributed by atoms with Crippen LogP contribution in [0.15, 0.2) is 47.4 Å². The maximum absolute atomic E-state index is 13.1. The lowest BCUT2D eigenvalue weighted by molar-refractivity contribution is 0.0730. The summed E-state index contributed by atoms with van der Waals surface area (Å²) in [4.78, 5) is 4.94. The number of nitrogens with zero attached hydrogens (tertiary/aromatic N) is 3. The van der Waals surface area contributed by atoms with Gasteiger partial charge in [0.2, 0.25) is 10.0 Å². The Morgan fingerprint density at radius 2 is 1.91 bits per heavy atom. The van der Waals surface area contributed by atoms with Gasteiger partial charge < -0.3 is 14.0 Å². The van der Waals surface area contributed by atoms with E-state index in [2.05, 4.69) is 6.92 Å².